The van der Waals surface area contributed by atoms with Gasteiger partial charge in [0.25, 0.3) is 0 Å². The van der Waals surface area contributed by atoms with Crippen molar-refractivity contribution in [2.45, 2.75) is 245 Å². The van der Waals surface area contributed by atoms with Gasteiger partial charge in [0.2, 0.25) is 5.91 Å². The van der Waals surface area contributed by atoms with Crippen molar-refractivity contribution in [3.05, 3.63) is 0 Å². The van der Waals surface area contributed by atoms with E-state index in [1.54, 1.807) is 0 Å². The molecule has 0 amide bonds. The second kappa shape index (κ2) is 38.1. The van der Waals surface area contributed by atoms with Crippen molar-refractivity contribution >= 4 is 11.9 Å². The lowest BCUT2D eigenvalue weighted by Gasteiger charge is -2.33. The van der Waals surface area contributed by atoms with Crippen LogP contribution in [0, 0.1) is 0 Å². The Hall–Kier alpha value is -1.22. The minimum Gasteiger partial charge on any atom is -0.466 e. The van der Waals surface area contributed by atoms with Gasteiger partial charge < -0.3 is 24.8 Å². The molecule has 0 aromatic heterocycles. The molecule has 0 rings (SSSR count). The molecule has 8 nitrogen and oxygen atoms in total. The van der Waals surface area contributed by atoms with Gasteiger partial charge in [-0.2, -0.15) is 0 Å². The van der Waals surface area contributed by atoms with Crippen LogP contribution in [-0.2, 0) is 19.1 Å². The van der Waals surface area contributed by atoms with Crippen LogP contribution < -0.4 is 0 Å². The summed E-state index contributed by atoms with van der Waals surface area (Å²) < 4.78 is 11.4. The molecule has 0 aliphatic carbocycles. The summed E-state index contributed by atoms with van der Waals surface area (Å²) in [5.74, 6) is -2.46. The molecular formula is C44H87NO7. The third-order valence-electron chi connectivity index (χ3n) is 10.4. The Morgan fingerprint density at radius 3 is 1.33 bits per heavy atom. The molecule has 0 unspecified atom stereocenters. The van der Waals surface area contributed by atoms with Crippen LogP contribution in [0.25, 0.3) is 0 Å². The predicted molar refractivity (Wildman–Crippen MR) is 216 cm³/mol. The summed E-state index contributed by atoms with van der Waals surface area (Å²) in [5, 5.41) is 30.2. The van der Waals surface area contributed by atoms with Gasteiger partial charge >= 0.3 is 11.9 Å². The number of carbonyl (C=O) groups excluding carboxylic acids is 2. The van der Waals surface area contributed by atoms with E-state index < -0.39 is 12.5 Å². The van der Waals surface area contributed by atoms with E-state index in [4.69, 9.17) is 9.47 Å². The Kier molecular flexibility index (Phi) is 37.2. The highest BCUT2D eigenvalue weighted by molar-refractivity contribution is 5.69. The highest BCUT2D eigenvalue weighted by Crippen LogP contribution is 2.19. The fourth-order valence-electron chi connectivity index (χ4n) is 6.90. The van der Waals surface area contributed by atoms with E-state index in [1.807, 2.05) is 0 Å². The van der Waals surface area contributed by atoms with Crippen molar-refractivity contribution in [1.82, 2.24) is 4.90 Å². The molecule has 0 heterocycles. The predicted octanol–water partition coefficient (Wildman–Crippen LogP) is 11.3. The summed E-state index contributed by atoms with van der Waals surface area (Å²) >= 11 is 0. The summed E-state index contributed by atoms with van der Waals surface area (Å²) in [5.41, 5.74) is 0. The second-order valence-electron chi connectivity index (χ2n) is 15.5. The zero-order chi connectivity index (χ0) is 38.4. The monoisotopic (exact) mass is 742 g/mol. The summed E-state index contributed by atoms with van der Waals surface area (Å²) in [7, 11) is 0. The van der Waals surface area contributed by atoms with E-state index in [2.05, 4.69) is 20.8 Å². The summed E-state index contributed by atoms with van der Waals surface area (Å²) in [6.07, 6.45) is 35.6. The SMILES string of the molecule is CCCCCCCCCCCOC(=O)CCCCCN(CCCCCCCC(=O)OC(CCCCCCCC)CCCCCCCC)C(O)(O)CO. The molecule has 0 aliphatic heterocycles. The smallest absolute Gasteiger partial charge is 0.306 e. The molecule has 8 heteroatoms. The fourth-order valence-corrected chi connectivity index (χ4v) is 6.90. The van der Waals surface area contributed by atoms with E-state index in [9.17, 15) is 24.9 Å². The van der Waals surface area contributed by atoms with Crippen LogP contribution >= 0.6 is 0 Å². The first-order chi connectivity index (χ1) is 25.3. The molecule has 3 N–H and O–H groups in total. The van der Waals surface area contributed by atoms with Gasteiger partial charge in [0.1, 0.15) is 12.7 Å². The van der Waals surface area contributed by atoms with E-state index in [-0.39, 0.29) is 18.0 Å². The average Bonchev–Trinajstić information content (AvgIpc) is 3.13. The lowest BCUT2D eigenvalue weighted by Crippen LogP contribution is -2.52. The van der Waals surface area contributed by atoms with Gasteiger partial charge in [0.05, 0.1) is 6.61 Å². The standard InChI is InChI=1S/C44H87NO7/c1-4-7-10-13-16-17-18-24-32-39-51-42(47)35-29-25-31-38-45(44(49,50)40-46)37-30-23-19-22-28-36-43(48)52-41(33-26-20-14-11-8-5-2)34-27-21-15-12-9-6-3/h41,46,49-50H,4-40H2,1-3H3. The van der Waals surface area contributed by atoms with Crippen molar-refractivity contribution in [2.24, 2.45) is 0 Å². The number of hydrogen-bond donors (Lipinski definition) is 3. The van der Waals surface area contributed by atoms with E-state index in [1.165, 1.54) is 114 Å². The van der Waals surface area contributed by atoms with Crippen LogP contribution in [-0.4, -0.2) is 70.5 Å². The Morgan fingerprint density at radius 2 is 0.865 bits per heavy atom. The first-order valence-corrected chi connectivity index (χ1v) is 22.5. The minimum absolute atomic E-state index is 0.0581. The molecule has 0 aromatic carbocycles. The summed E-state index contributed by atoms with van der Waals surface area (Å²) in [4.78, 5) is 26.3. The van der Waals surface area contributed by atoms with Crippen LogP contribution in [0.15, 0.2) is 0 Å². The Labute approximate surface area is 321 Å². The lowest BCUT2D eigenvalue weighted by atomic mass is 10.0. The molecular weight excluding hydrogens is 654 g/mol. The van der Waals surface area contributed by atoms with Crippen molar-refractivity contribution in [3.63, 3.8) is 0 Å². The molecule has 0 aliphatic rings. The van der Waals surface area contributed by atoms with Gasteiger partial charge in [-0.05, 0) is 57.8 Å². The summed E-state index contributed by atoms with van der Waals surface area (Å²) in [6, 6.07) is 0. The van der Waals surface area contributed by atoms with Crippen molar-refractivity contribution in [3.8, 4) is 0 Å². The normalized spacial score (nSPS) is 11.9. The molecule has 0 bridgehead atoms. The second-order valence-corrected chi connectivity index (χ2v) is 15.5. The van der Waals surface area contributed by atoms with Crippen LogP contribution in [0.4, 0.5) is 0 Å². The number of aliphatic hydroxyl groups is 3. The van der Waals surface area contributed by atoms with E-state index in [0.717, 1.165) is 77.0 Å². The van der Waals surface area contributed by atoms with Gasteiger partial charge in [-0.1, -0.05) is 162 Å². The molecule has 52 heavy (non-hydrogen) atoms. The maximum atomic E-state index is 12.7. The molecule has 0 fully saturated rings. The molecule has 0 atom stereocenters. The quantitative estimate of drug-likeness (QED) is 0.0322. The van der Waals surface area contributed by atoms with Gasteiger partial charge in [-0.25, -0.2) is 0 Å². The van der Waals surface area contributed by atoms with Gasteiger partial charge in [0.15, 0.2) is 0 Å². The molecule has 310 valence electrons. The van der Waals surface area contributed by atoms with E-state index in [0.29, 0.717) is 45.4 Å². The molecule has 0 saturated carbocycles. The summed E-state index contributed by atoms with van der Waals surface area (Å²) in [6.45, 7) is 7.37. The van der Waals surface area contributed by atoms with Crippen LogP contribution in [0.2, 0.25) is 0 Å². The molecule has 0 spiro atoms. The first-order valence-electron chi connectivity index (χ1n) is 22.5. The lowest BCUT2D eigenvalue weighted by molar-refractivity contribution is -0.281. The maximum absolute atomic E-state index is 12.7. The molecule has 0 aromatic rings. The minimum atomic E-state index is -2.25. The van der Waals surface area contributed by atoms with Crippen molar-refractivity contribution in [1.29, 1.82) is 0 Å². The number of aliphatic hydroxyl groups excluding tert-OH is 1. The number of rotatable bonds is 41. The Bertz CT molecular complexity index is 762. The highest BCUT2D eigenvalue weighted by Gasteiger charge is 2.30. The van der Waals surface area contributed by atoms with Crippen LogP contribution in [0.3, 0.4) is 0 Å². The van der Waals surface area contributed by atoms with E-state index >= 15 is 0 Å². The third-order valence-corrected chi connectivity index (χ3v) is 10.4. The number of carbonyl (C=O) groups is 2. The zero-order valence-electron chi connectivity index (χ0n) is 34.7. The van der Waals surface area contributed by atoms with Crippen LogP contribution in [0.5, 0.6) is 0 Å². The molecule has 0 radical (unpaired) electrons. The van der Waals surface area contributed by atoms with Gasteiger partial charge in [0, 0.05) is 25.9 Å². The van der Waals surface area contributed by atoms with Crippen molar-refractivity contribution < 1.29 is 34.4 Å². The number of hydrogen-bond acceptors (Lipinski definition) is 8. The zero-order valence-corrected chi connectivity index (χ0v) is 34.7. The maximum Gasteiger partial charge on any atom is 0.306 e. The van der Waals surface area contributed by atoms with Crippen LogP contribution in [0.1, 0.15) is 233 Å². The topological polar surface area (TPSA) is 117 Å². The highest BCUT2D eigenvalue weighted by atomic mass is 16.6. The van der Waals surface area contributed by atoms with Gasteiger partial charge in [-0.3, -0.25) is 14.5 Å². The first kappa shape index (κ1) is 50.8. The third kappa shape index (κ3) is 33.4. The number of esters is 2. The average molecular weight is 742 g/mol. The van der Waals surface area contributed by atoms with Crippen molar-refractivity contribution in [2.75, 3.05) is 26.3 Å². The Balaban J connectivity index is 4.18. The van der Waals surface area contributed by atoms with Gasteiger partial charge in [-0.15, -0.1) is 0 Å². The number of unbranched alkanes of at least 4 members (excludes halogenated alkanes) is 24. The Morgan fingerprint density at radius 1 is 0.500 bits per heavy atom. The fraction of sp³-hybridized carbons (Fsp3) is 0.955. The molecule has 0 saturated heterocycles. The number of ether oxygens (including phenoxy) is 2. The largest absolute Gasteiger partial charge is 0.466 e. The number of nitrogens with zero attached hydrogens (tertiary/aromatic N) is 1.